The predicted molar refractivity (Wildman–Crippen MR) is 125 cm³/mol. The minimum Gasteiger partial charge on any atom is -0.371 e. The fraction of sp³-hybridized carbons (Fsp3) is 0.364. The van der Waals surface area contributed by atoms with E-state index in [1.807, 2.05) is 42.5 Å². The summed E-state index contributed by atoms with van der Waals surface area (Å²) >= 11 is 6.45. The van der Waals surface area contributed by atoms with Gasteiger partial charge < -0.3 is 16.2 Å². The molecule has 1 atom stereocenters. The van der Waals surface area contributed by atoms with Crippen LogP contribution in [0.2, 0.25) is 5.02 Å². The van der Waals surface area contributed by atoms with Crippen molar-refractivity contribution in [3.05, 3.63) is 69.6 Å². The van der Waals surface area contributed by atoms with Crippen LogP contribution in [0.3, 0.4) is 0 Å². The Balaban J connectivity index is 1.71. The van der Waals surface area contributed by atoms with E-state index >= 15 is 0 Å². The largest absolute Gasteiger partial charge is 0.371 e. The fourth-order valence-corrected chi connectivity index (χ4v) is 4.68. The second kappa shape index (κ2) is 8.98. The number of hydrogen-bond acceptors (Lipinski definition) is 6. The summed E-state index contributed by atoms with van der Waals surface area (Å²) in [4.78, 5) is 7.82. The Labute approximate surface area is 186 Å². The van der Waals surface area contributed by atoms with E-state index in [0.717, 1.165) is 42.9 Å². The number of hydrogen-bond donors (Lipinski definition) is 4. The summed E-state index contributed by atoms with van der Waals surface area (Å²) in [5, 5.41) is 16.1. The lowest BCUT2D eigenvalue weighted by atomic mass is 9.79. The Kier molecular flexibility index (Phi) is 6.13. The lowest BCUT2D eigenvalue weighted by molar-refractivity contribution is 0.375. The van der Waals surface area contributed by atoms with Gasteiger partial charge in [-0.1, -0.05) is 66.3 Å². The molecule has 1 unspecified atom stereocenters. The average molecular weight is 437 g/mol. The SMILES string of the molecule is [N-]=[N+]=NCC(C=N)(NNC1=Nc2ccccc2NC12CCCCC2)c1ccccc1Cl. The van der Waals surface area contributed by atoms with Crippen molar-refractivity contribution in [1.82, 2.24) is 10.9 Å². The van der Waals surface area contributed by atoms with Gasteiger partial charge in [0.25, 0.3) is 0 Å². The van der Waals surface area contributed by atoms with E-state index in [2.05, 4.69) is 26.2 Å². The number of nitrogens with zero attached hydrogens (tertiary/aromatic N) is 4. The highest BCUT2D eigenvalue weighted by molar-refractivity contribution is 6.31. The van der Waals surface area contributed by atoms with Gasteiger partial charge in [-0.15, -0.1) is 0 Å². The van der Waals surface area contributed by atoms with E-state index < -0.39 is 5.54 Å². The van der Waals surface area contributed by atoms with Gasteiger partial charge >= 0.3 is 0 Å². The van der Waals surface area contributed by atoms with E-state index in [4.69, 9.17) is 27.5 Å². The van der Waals surface area contributed by atoms with Crippen molar-refractivity contribution in [3.8, 4) is 0 Å². The van der Waals surface area contributed by atoms with Gasteiger partial charge in [-0.3, -0.25) is 0 Å². The molecule has 9 heteroatoms. The maximum absolute atomic E-state index is 8.93. The van der Waals surface area contributed by atoms with Crippen LogP contribution in [0.25, 0.3) is 10.4 Å². The van der Waals surface area contributed by atoms with Gasteiger partial charge in [0, 0.05) is 16.1 Å². The summed E-state index contributed by atoms with van der Waals surface area (Å²) in [6.45, 7) is -0.0198. The molecule has 1 saturated carbocycles. The molecule has 4 rings (SSSR count). The molecule has 8 nitrogen and oxygen atoms in total. The minimum atomic E-state index is -1.13. The molecule has 160 valence electrons. The van der Waals surface area contributed by atoms with Gasteiger partial charge in [0.05, 0.1) is 23.5 Å². The topological polar surface area (TPSA) is 121 Å². The van der Waals surface area contributed by atoms with Crippen LogP contribution in [0, 0.1) is 5.41 Å². The number of aliphatic imine (C=N–C) groups is 1. The van der Waals surface area contributed by atoms with Gasteiger partial charge in [0.2, 0.25) is 0 Å². The van der Waals surface area contributed by atoms with Gasteiger partial charge in [-0.2, -0.15) is 0 Å². The second-order valence-corrected chi connectivity index (χ2v) is 8.39. The number of rotatable bonds is 6. The van der Waals surface area contributed by atoms with Crippen LogP contribution in [0.5, 0.6) is 0 Å². The van der Waals surface area contributed by atoms with E-state index in [1.54, 1.807) is 6.07 Å². The number of anilines is 1. The summed E-state index contributed by atoms with van der Waals surface area (Å²) in [5.41, 5.74) is 16.6. The Bertz CT molecular complexity index is 1040. The van der Waals surface area contributed by atoms with E-state index in [0.29, 0.717) is 10.6 Å². The van der Waals surface area contributed by atoms with E-state index in [1.165, 1.54) is 12.6 Å². The number of hydrazine groups is 1. The third-order valence-electron chi connectivity index (χ3n) is 6.06. The van der Waals surface area contributed by atoms with E-state index in [9.17, 15) is 0 Å². The summed E-state index contributed by atoms with van der Waals surface area (Å²) in [6.07, 6.45) is 6.54. The molecule has 31 heavy (non-hydrogen) atoms. The van der Waals surface area contributed by atoms with Crippen LogP contribution >= 0.6 is 11.6 Å². The number of azide groups is 1. The Morgan fingerprint density at radius 1 is 1.19 bits per heavy atom. The normalized spacial score (nSPS) is 18.5. The number of halogens is 1. The molecular weight excluding hydrogens is 412 g/mol. The van der Waals surface area contributed by atoms with Crippen molar-refractivity contribution in [2.24, 2.45) is 10.1 Å². The van der Waals surface area contributed by atoms with Crippen molar-refractivity contribution in [3.63, 3.8) is 0 Å². The summed E-state index contributed by atoms with van der Waals surface area (Å²) in [5.74, 6) is 0.769. The first-order chi connectivity index (χ1) is 15.1. The first kappa shape index (κ1) is 21.2. The molecule has 0 amide bonds. The Morgan fingerprint density at radius 2 is 1.94 bits per heavy atom. The molecule has 1 spiro atoms. The molecular formula is C22H25ClN8. The molecule has 0 bridgehead atoms. The van der Waals surface area contributed by atoms with Crippen molar-refractivity contribution in [2.45, 2.75) is 43.2 Å². The fourth-order valence-electron chi connectivity index (χ4n) is 4.37. The highest BCUT2D eigenvalue weighted by atomic mass is 35.5. The van der Waals surface area contributed by atoms with Crippen molar-refractivity contribution >= 4 is 35.0 Å². The van der Waals surface area contributed by atoms with Gasteiger partial charge in [0.15, 0.2) is 0 Å². The van der Waals surface area contributed by atoms with Gasteiger partial charge in [0.1, 0.15) is 11.4 Å². The van der Waals surface area contributed by atoms with Crippen LogP contribution in [0.1, 0.15) is 37.7 Å². The first-order valence-corrected chi connectivity index (χ1v) is 10.8. The first-order valence-electron chi connectivity index (χ1n) is 10.4. The lowest BCUT2D eigenvalue weighted by Crippen LogP contribution is -2.62. The molecule has 2 aliphatic rings. The number of fused-ring (bicyclic) bond motifs is 1. The number of benzene rings is 2. The maximum Gasteiger partial charge on any atom is 0.142 e. The van der Waals surface area contributed by atoms with Crippen molar-refractivity contribution < 1.29 is 0 Å². The van der Waals surface area contributed by atoms with Crippen molar-refractivity contribution in [2.75, 3.05) is 11.9 Å². The summed E-state index contributed by atoms with van der Waals surface area (Å²) < 4.78 is 0. The lowest BCUT2D eigenvalue weighted by Gasteiger charge is -2.44. The standard InChI is InChI=1S/C22H25ClN8/c23-17-9-3-2-8-16(17)22(14-24,15-26-31-25)30-29-20-21(12-6-1-7-13-21)28-19-11-5-4-10-18(19)27-20/h2-5,8-11,14,24,28,30H,1,6-7,12-13,15H2,(H,27,29). The Hall–Kier alpha value is -3.06. The van der Waals surface area contributed by atoms with Crippen LogP contribution < -0.4 is 16.2 Å². The highest BCUT2D eigenvalue weighted by Gasteiger charge is 2.41. The van der Waals surface area contributed by atoms with Crippen LogP contribution in [-0.2, 0) is 5.54 Å². The molecule has 1 fully saturated rings. The molecule has 2 aromatic rings. The van der Waals surface area contributed by atoms with Crippen molar-refractivity contribution in [1.29, 1.82) is 5.41 Å². The molecule has 2 aromatic carbocycles. The zero-order chi connectivity index (χ0) is 21.7. The molecule has 0 saturated heterocycles. The molecule has 4 N–H and O–H groups in total. The number of amidine groups is 1. The van der Waals surface area contributed by atoms with Gasteiger partial charge in [-0.05, 0) is 42.1 Å². The van der Waals surface area contributed by atoms with Gasteiger partial charge in [-0.25, -0.2) is 10.4 Å². The smallest absolute Gasteiger partial charge is 0.142 e. The zero-order valence-corrected chi connectivity index (χ0v) is 17.9. The third-order valence-corrected chi connectivity index (χ3v) is 6.39. The summed E-state index contributed by atoms with van der Waals surface area (Å²) in [7, 11) is 0. The monoisotopic (exact) mass is 436 g/mol. The van der Waals surface area contributed by atoms with Crippen LogP contribution in [0.4, 0.5) is 11.4 Å². The molecule has 1 aliphatic carbocycles. The van der Waals surface area contributed by atoms with E-state index in [-0.39, 0.29) is 12.1 Å². The average Bonchev–Trinajstić information content (AvgIpc) is 2.81. The quantitative estimate of drug-likeness (QED) is 0.158. The maximum atomic E-state index is 8.93. The molecule has 1 heterocycles. The molecule has 1 aliphatic heterocycles. The Morgan fingerprint density at radius 3 is 2.68 bits per heavy atom. The number of nitrogens with one attached hydrogen (secondary N) is 4. The third kappa shape index (κ3) is 4.10. The number of para-hydroxylation sites is 2. The molecule has 0 aromatic heterocycles. The zero-order valence-electron chi connectivity index (χ0n) is 17.1. The van der Waals surface area contributed by atoms with Crippen LogP contribution in [0.15, 0.2) is 58.6 Å². The second-order valence-electron chi connectivity index (χ2n) is 7.98. The highest BCUT2D eigenvalue weighted by Crippen LogP contribution is 2.40. The van der Waals surface area contributed by atoms with Crippen LogP contribution in [-0.4, -0.2) is 24.1 Å². The minimum absolute atomic E-state index is 0.0198. The molecule has 0 radical (unpaired) electrons. The summed E-state index contributed by atoms with van der Waals surface area (Å²) in [6, 6.07) is 15.2. The predicted octanol–water partition coefficient (Wildman–Crippen LogP) is 5.45.